The van der Waals surface area contributed by atoms with E-state index in [1.807, 2.05) is 0 Å². The largest absolute Gasteiger partial charge is 0.459 e. The summed E-state index contributed by atoms with van der Waals surface area (Å²) in [6.45, 7) is 3.42. The fourth-order valence-electron chi connectivity index (χ4n) is 2.87. The van der Waals surface area contributed by atoms with Gasteiger partial charge in [0, 0.05) is 24.6 Å². The Balaban J connectivity index is 1.69. The van der Waals surface area contributed by atoms with Gasteiger partial charge in [0.25, 0.3) is 0 Å². The van der Waals surface area contributed by atoms with Crippen LogP contribution in [0.5, 0.6) is 0 Å². The summed E-state index contributed by atoms with van der Waals surface area (Å²) in [5.41, 5.74) is 0.693. The Hall–Kier alpha value is -1.56. The van der Waals surface area contributed by atoms with Crippen molar-refractivity contribution >= 4 is 39.1 Å². The first-order valence-corrected chi connectivity index (χ1v) is 10.5. The van der Waals surface area contributed by atoms with E-state index in [9.17, 15) is 13.2 Å². The highest BCUT2D eigenvalue weighted by atomic mass is 35.5. The van der Waals surface area contributed by atoms with Crippen LogP contribution in [0.2, 0.25) is 4.34 Å². The van der Waals surface area contributed by atoms with Gasteiger partial charge < -0.3 is 9.26 Å². The monoisotopic (exact) mass is 420 g/mol. The van der Waals surface area contributed by atoms with Gasteiger partial charge in [-0.2, -0.15) is 4.31 Å². The standard InChI is InChI=1S/C14H17ClN4O5S2/c1-8-12(9(2)24-17-8)26(21,22)19-5-3-4-10(6-19)14(20)23-7-11-13(15)25-18-16-11/h10H,3-7H2,1-2H3. The van der Waals surface area contributed by atoms with E-state index in [0.717, 1.165) is 11.5 Å². The molecule has 142 valence electrons. The molecule has 2 aromatic rings. The van der Waals surface area contributed by atoms with E-state index in [4.69, 9.17) is 20.9 Å². The van der Waals surface area contributed by atoms with Gasteiger partial charge in [0.1, 0.15) is 27.2 Å². The highest BCUT2D eigenvalue weighted by Crippen LogP contribution is 2.28. The minimum Gasteiger partial charge on any atom is -0.459 e. The first kappa shape index (κ1) is 19.2. The number of carbonyl (C=O) groups excluding carboxylic acids is 1. The summed E-state index contributed by atoms with van der Waals surface area (Å²) in [5, 5.41) is 7.48. The molecule has 3 rings (SSSR count). The second kappa shape index (κ2) is 7.59. The van der Waals surface area contributed by atoms with Crippen molar-refractivity contribution in [1.82, 2.24) is 19.0 Å². The zero-order valence-electron chi connectivity index (χ0n) is 14.1. The third kappa shape index (κ3) is 3.75. The fraction of sp³-hybridized carbons (Fsp3) is 0.571. The van der Waals surface area contributed by atoms with Crippen LogP contribution >= 0.6 is 23.1 Å². The number of esters is 1. The molecule has 0 aliphatic carbocycles. The van der Waals surface area contributed by atoms with E-state index >= 15 is 0 Å². The molecular weight excluding hydrogens is 404 g/mol. The lowest BCUT2D eigenvalue weighted by Crippen LogP contribution is -2.43. The van der Waals surface area contributed by atoms with Crippen molar-refractivity contribution in [3.8, 4) is 0 Å². The molecule has 1 aliphatic heterocycles. The van der Waals surface area contributed by atoms with Crippen molar-refractivity contribution in [2.24, 2.45) is 5.92 Å². The Morgan fingerprint density at radius 3 is 2.85 bits per heavy atom. The van der Waals surface area contributed by atoms with Gasteiger partial charge in [-0.25, -0.2) is 8.42 Å². The van der Waals surface area contributed by atoms with Crippen LogP contribution in [0, 0.1) is 19.8 Å². The lowest BCUT2D eigenvalue weighted by Gasteiger charge is -2.30. The maximum Gasteiger partial charge on any atom is 0.310 e. The number of nitrogens with zero attached hydrogens (tertiary/aromatic N) is 4. The number of aryl methyl sites for hydroxylation is 2. The number of hydrogen-bond donors (Lipinski definition) is 0. The second-order valence-corrected chi connectivity index (χ2v) is 9.19. The molecule has 2 aromatic heterocycles. The van der Waals surface area contributed by atoms with Crippen molar-refractivity contribution in [2.75, 3.05) is 13.1 Å². The molecule has 0 bridgehead atoms. The van der Waals surface area contributed by atoms with E-state index in [1.165, 1.54) is 4.31 Å². The molecule has 1 unspecified atom stereocenters. The van der Waals surface area contributed by atoms with E-state index in [2.05, 4.69) is 14.7 Å². The van der Waals surface area contributed by atoms with E-state index in [-0.39, 0.29) is 23.8 Å². The van der Waals surface area contributed by atoms with Gasteiger partial charge in [-0.05, 0) is 26.7 Å². The van der Waals surface area contributed by atoms with Crippen molar-refractivity contribution in [3.05, 3.63) is 21.5 Å². The third-order valence-corrected chi connectivity index (χ3v) is 7.24. The van der Waals surface area contributed by atoms with E-state index in [0.29, 0.717) is 35.1 Å². The van der Waals surface area contributed by atoms with Gasteiger partial charge >= 0.3 is 5.97 Å². The minimum absolute atomic E-state index is 0.0499. The van der Waals surface area contributed by atoms with Crippen LogP contribution < -0.4 is 0 Å². The number of carbonyl (C=O) groups is 1. The molecule has 12 heteroatoms. The normalized spacial score (nSPS) is 18.8. The highest BCUT2D eigenvalue weighted by Gasteiger charge is 2.37. The first-order chi connectivity index (χ1) is 12.3. The van der Waals surface area contributed by atoms with Crippen LogP contribution in [0.3, 0.4) is 0 Å². The third-order valence-electron chi connectivity index (χ3n) is 4.14. The van der Waals surface area contributed by atoms with Crippen LogP contribution in [-0.4, -0.2) is 46.5 Å². The average molecular weight is 421 g/mol. The molecule has 0 saturated carbocycles. The van der Waals surface area contributed by atoms with Crippen LogP contribution in [0.25, 0.3) is 0 Å². The molecule has 0 radical (unpaired) electrons. The molecule has 1 saturated heterocycles. The van der Waals surface area contributed by atoms with E-state index in [1.54, 1.807) is 13.8 Å². The topological polar surface area (TPSA) is 115 Å². The van der Waals surface area contributed by atoms with Crippen LogP contribution in [0.4, 0.5) is 0 Å². The Bertz CT molecular complexity index is 891. The first-order valence-electron chi connectivity index (χ1n) is 7.87. The molecule has 0 N–H and O–H groups in total. The van der Waals surface area contributed by atoms with Crippen LogP contribution in [0.15, 0.2) is 9.42 Å². The van der Waals surface area contributed by atoms with Gasteiger partial charge in [0.2, 0.25) is 10.0 Å². The predicted molar refractivity (Wildman–Crippen MR) is 92.2 cm³/mol. The molecule has 3 heterocycles. The van der Waals surface area contributed by atoms with E-state index < -0.39 is 21.9 Å². The summed E-state index contributed by atoms with van der Waals surface area (Å²) in [6.07, 6.45) is 1.11. The maximum absolute atomic E-state index is 12.9. The summed E-state index contributed by atoms with van der Waals surface area (Å²) >= 11 is 6.89. The molecule has 0 spiro atoms. The smallest absolute Gasteiger partial charge is 0.310 e. The summed E-state index contributed by atoms with van der Waals surface area (Å²) in [5.74, 6) is -0.796. The van der Waals surface area contributed by atoms with Crippen LogP contribution in [-0.2, 0) is 26.2 Å². The van der Waals surface area contributed by atoms with Crippen molar-refractivity contribution in [1.29, 1.82) is 0 Å². The number of halogens is 1. The molecule has 0 amide bonds. The number of aromatic nitrogens is 3. The van der Waals surface area contributed by atoms with Crippen molar-refractivity contribution in [3.63, 3.8) is 0 Å². The molecule has 0 aromatic carbocycles. The Kier molecular flexibility index (Phi) is 5.61. The molecule has 1 aliphatic rings. The number of ether oxygens (including phenoxy) is 1. The highest BCUT2D eigenvalue weighted by molar-refractivity contribution is 7.89. The van der Waals surface area contributed by atoms with Crippen molar-refractivity contribution in [2.45, 2.75) is 38.2 Å². The van der Waals surface area contributed by atoms with Gasteiger partial charge in [-0.15, -0.1) is 5.10 Å². The SMILES string of the molecule is Cc1noc(C)c1S(=O)(=O)N1CCCC(C(=O)OCc2nnsc2Cl)C1. The number of sulfonamides is 1. The summed E-state index contributed by atoms with van der Waals surface area (Å²) in [6, 6.07) is 0. The number of piperidine rings is 1. The van der Waals surface area contributed by atoms with Gasteiger partial charge in [0.15, 0.2) is 5.76 Å². The minimum atomic E-state index is -3.78. The number of rotatable bonds is 5. The van der Waals surface area contributed by atoms with Gasteiger partial charge in [0.05, 0.1) is 5.92 Å². The molecule has 1 atom stereocenters. The zero-order chi connectivity index (χ0) is 18.9. The average Bonchev–Trinajstić information content (AvgIpc) is 3.18. The lowest BCUT2D eigenvalue weighted by atomic mass is 10.00. The van der Waals surface area contributed by atoms with Gasteiger partial charge in [-0.3, -0.25) is 4.79 Å². The molecule has 1 fully saturated rings. The molecular formula is C14H17ClN4O5S2. The quantitative estimate of drug-likeness (QED) is 0.674. The molecule has 9 nitrogen and oxygen atoms in total. The Morgan fingerprint density at radius 1 is 1.46 bits per heavy atom. The number of hydrogen-bond acceptors (Lipinski definition) is 9. The summed E-state index contributed by atoms with van der Waals surface area (Å²) in [4.78, 5) is 12.4. The van der Waals surface area contributed by atoms with Crippen LogP contribution in [0.1, 0.15) is 30.0 Å². The second-order valence-electron chi connectivity index (χ2n) is 5.96. The Morgan fingerprint density at radius 2 is 2.23 bits per heavy atom. The maximum atomic E-state index is 12.9. The molecule has 26 heavy (non-hydrogen) atoms. The zero-order valence-corrected chi connectivity index (χ0v) is 16.5. The van der Waals surface area contributed by atoms with Gasteiger partial charge in [-0.1, -0.05) is 21.2 Å². The fourth-order valence-corrected chi connectivity index (χ4v) is 5.28. The predicted octanol–water partition coefficient (Wildman–Crippen LogP) is 1.94. The summed E-state index contributed by atoms with van der Waals surface area (Å²) < 4.78 is 41.3. The summed E-state index contributed by atoms with van der Waals surface area (Å²) in [7, 11) is -3.78. The lowest BCUT2D eigenvalue weighted by molar-refractivity contribution is -0.151. The van der Waals surface area contributed by atoms with Crippen molar-refractivity contribution < 1.29 is 22.5 Å². The Labute approximate surface area is 159 Å².